The summed E-state index contributed by atoms with van der Waals surface area (Å²) in [6.07, 6.45) is 0. The van der Waals surface area contributed by atoms with Crippen molar-refractivity contribution in [3.63, 3.8) is 0 Å². The van der Waals surface area contributed by atoms with Gasteiger partial charge in [0.15, 0.2) is 0 Å². The van der Waals surface area contributed by atoms with Crippen molar-refractivity contribution in [1.82, 2.24) is 0 Å². The molecule has 0 spiro atoms. The molecule has 0 aliphatic carbocycles. The van der Waals surface area contributed by atoms with Crippen molar-refractivity contribution in [1.29, 1.82) is 0 Å². The van der Waals surface area contributed by atoms with E-state index >= 15 is 0 Å². The highest BCUT2D eigenvalue weighted by Crippen LogP contribution is 2.61. The quantitative estimate of drug-likeness (QED) is 0.142. The maximum atomic E-state index is 7.01. The van der Waals surface area contributed by atoms with Crippen LogP contribution in [0.1, 0.15) is 0 Å². The Hall–Kier alpha value is 2.10. The summed E-state index contributed by atoms with van der Waals surface area (Å²) in [6, 6.07) is 0. The van der Waals surface area contributed by atoms with E-state index in [2.05, 4.69) is 0 Å². The Bertz CT molecular complexity index is 1540. The van der Waals surface area contributed by atoms with Gasteiger partial charge in [-0.1, -0.05) is 209 Å². The van der Waals surface area contributed by atoms with Crippen LogP contribution >= 0.6 is 209 Å². The SMILES string of the molecule is Clc1c(Cl)c(Cl)c(-c2c(Cl)c(-c3c(Cl)c(Cl)c(Cl)c(Cl)c3Cl)c(Cl)c(-c3c(Cl)c(Cl)c(Cl)c(Cl)c3Cl)c2Cl)c(Cl)c1Cl. The monoisotopic (exact) mass is 917 g/mol. The lowest BCUT2D eigenvalue weighted by Gasteiger charge is -2.24. The van der Waals surface area contributed by atoms with Gasteiger partial charge in [-0.15, -0.1) is 0 Å². The van der Waals surface area contributed by atoms with E-state index in [-0.39, 0.29) is 124 Å². The van der Waals surface area contributed by atoms with Gasteiger partial charge in [-0.3, -0.25) is 0 Å². The first-order valence-electron chi connectivity index (χ1n) is 10.2. The van der Waals surface area contributed by atoms with Crippen LogP contribution in [-0.2, 0) is 0 Å². The number of hydrogen-bond acceptors (Lipinski definition) is 0. The van der Waals surface area contributed by atoms with Crippen LogP contribution in [0.4, 0.5) is 0 Å². The average Bonchev–Trinajstić information content (AvgIpc) is 2.95. The molecule has 0 radical (unpaired) electrons. The molecule has 0 bridgehead atoms. The molecule has 0 aliphatic rings. The lowest BCUT2D eigenvalue weighted by molar-refractivity contribution is 1.55. The Morgan fingerprint density at radius 1 is 0.119 bits per heavy atom. The van der Waals surface area contributed by atoms with E-state index in [9.17, 15) is 0 Å². The highest BCUT2D eigenvalue weighted by atomic mass is 35.5. The van der Waals surface area contributed by atoms with E-state index in [0.29, 0.717) is 0 Å². The van der Waals surface area contributed by atoms with Gasteiger partial charge >= 0.3 is 0 Å². The van der Waals surface area contributed by atoms with Crippen molar-refractivity contribution in [3.8, 4) is 33.4 Å². The molecule has 0 amide bonds. The summed E-state index contributed by atoms with van der Waals surface area (Å²) in [4.78, 5) is 0. The van der Waals surface area contributed by atoms with Crippen LogP contribution in [0.3, 0.4) is 0 Å². The van der Waals surface area contributed by atoms with Crippen LogP contribution in [0.25, 0.3) is 33.4 Å². The van der Waals surface area contributed by atoms with Crippen LogP contribution < -0.4 is 0 Å². The largest absolute Gasteiger partial charge is 0.0829 e. The summed E-state index contributed by atoms with van der Waals surface area (Å²) < 4.78 is 0. The van der Waals surface area contributed by atoms with Gasteiger partial charge in [-0.05, 0) is 0 Å². The van der Waals surface area contributed by atoms with E-state index in [4.69, 9.17) is 209 Å². The Balaban J connectivity index is 2.41. The zero-order chi connectivity index (χ0) is 31.9. The maximum Gasteiger partial charge on any atom is 0.0809 e. The third-order valence-electron chi connectivity index (χ3n) is 5.70. The Kier molecular flexibility index (Phi) is 12.2. The first-order chi connectivity index (χ1) is 19.4. The van der Waals surface area contributed by atoms with Crippen molar-refractivity contribution in [2.45, 2.75) is 0 Å². The standard InChI is InChI=1S/C24Cl18/c25-7-1(4-10(28)16(34)22(40)17(35)11(4)29)8(26)3(6-14(32)20(38)24(42)21(39)15(6)33)9(27)2(7)5-12(30)18(36)23(41)19(37)13(5)31. The van der Waals surface area contributed by atoms with Crippen molar-refractivity contribution < 1.29 is 0 Å². The smallest absolute Gasteiger partial charge is 0.0809 e. The third-order valence-corrected chi connectivity index (χ3v) is 13.7. The van der Waals surface area contributed by atoms with Crippen molar-refractivity contribution in [2.75, 3.05) is 0 Å². The van der Waals surface area contributed by atoms with Gasteiger partial charge in [0.05, 0.1) is 90.4 Å². The number of rotatable bonds is 3. The topological polar surface area (TPSA) is 0 Å². The van der Waals surface area contributed by atoms with Gasteiger partial charge in [0, 0.05) is 33.4 Å². The molecule has 0 fully saturated rings. The Morgan fingerprint density at radius 3 is 0.357 bits per heavy atom. The molecule has 222 valence electrons. The molecule has 0 heterocycles. The summed E-state index contributed by atoms with van der Waals surface area (Å²) in [5, 5.41) is -3.21. The van der Waals surface area contributed by atoms with Crippen molar-refractivity contribution >= 4 is 209 Å². The second-order valence-electron chi connectivity index (χ2n) is 7.90. The van der Waals surface area contributed by atoms with Gasteiger partial charge in [0.2, 0.25) is 0 Å². The molecular formula is C24Cl18. The molecule has 0 aromatic heterocycles. The summed E-state index contributed by atoms with van der Waals surface area (Å²) in [5.74, 6) is 0. The van der Waals surface area contributed by atoms with E-state index in [0.717, 1.165) is 0 Å². The molecule has 4 aromatic rings. The minimum atomic E-state index is -0.219. The molecule has 0 unspecified atom stereocenters. The van der Waals surface area contributed by atoms with E-state index in [1.807, 2.05) is 0 Å². The summed E-state index contributed by atoms with van der Waals surface area (Å²) in [6.45, 7) is 0. The van der Waals surface area contributed by atoms with Crippen molar-refractivity contribution in [2.24, 2.45) is 0 Å². The van der Waals surface area contributed by atoms with E-state index < -0.39 is 0 Å². The maximum absolute atomic E-state index is 7.01. The summed E-state index contributed by atoms with van der Waals surface area (Å²) in [7, 11) is 0. The Morgan fingerprint density at radius 2 is 0.214 bits per heavy atom. The molecule has 0 aliphatic heterocycles. The van der Waals surface area contributed by atoms with Crippen LogP contribution in [0.15, 0.2) is 0 Å². The highest BCUT2D eigenvalue weighted by Gasteiger charge is 2.34. The lowest BCUT2D eigenvalue weighted by Crippen LogP contribution is -1.99. The first-order valence-corrected chi connectivity index (χ1v) is 17.0. The second-order valence-corrected chi connectivity index (χ2v) is 14.7. The third kappa shape index (κ3) is 5.87. The highest BCUT2D eigenvalue weighted by molar-refractivity contribution is 6.61. The molecule has 42 heavy (non-hydrogen) atoms. The normalized spacial score (nSPS) is 11.6. The zero-order valence-electron chi connectivity index (χ0n) is 18.8. The fraction of sp³-hybridized carbons (Fsp3) is 0. The summed E-state index contributed by atoms with van der Waals surface area (Å²) >= 11 is 118. The fourth-order valence-electron chi connectivity index (χ4n) is 3.80. The van der Waals surface area contributed by atoms with Gasteiger partial charge in [-0.25, -0.2) is 0 Å². The van der Waals surface area contributed by atoms with Crippen LogP contribution in [0.2, 0.25) is 90.4 Å². The molecule has 0 saturated heterocycles. The minimum absolute atomic E-state index is 0.0660. The van der Waals surface area contributed by atoms with E-state index in [1.165, 1.54) is 0 Å². The second kappa shape index (κ2) is 13.9. The van der Waals surface area contributed by atoms with Crippen LogP contribution in [0, 0.1) is 0 Å². The molecule has 0 saturated carbocycles. The predicted octanol–water partition coefficient (Wildman–Crippen LogP) is 18.4. The van der Waals surface area contributed by atoms with Crippen molar-refractivity contribution in [3.05, 3.63) is 90.4 Å². The molecule has 0 N–H and O–H groups in total. The van der Waals surface area contributed by atoms with Crippen LogP contribution in [0.5, 0.6) is 0 Å². The number of hydrogen-bond donors (Lipinski definition) is 0. The average molecular weight is 926 g/mol. The molecule has 4 aromatic carbocycles. The Labute approximate surface area is 328 Å². The molecule has 18 heteroatoms. The van der Waals surface area contributed by atoms with Crippen LogP contribution in [-0.4, -0.2) is 0 Å². The minimum Gasteiger partial charge on any atom is -0.0829 e. The van der Waals surface area contributed by atoms with Gasteiger partial charge < -0.3 is 0 Å². The lowest BCUT2D eigenvalue weighted by atomic mass is 9.92. The molecule has 4 rings (SSSR count). The predicted molar refractivity (Wildman–Crippen MR) is 193 cm³/mol. The summed E-state index contributed by atoms with van der Waals surface area (Å²) in [5.41, 5.74) is -0.471. The van der Waals surface area contributed by atoms with E-state index in [1.54, 1.807) is 0 Å². The van der Waals surface area contributed by atoms with Gasteiger partial charge in [0.1, 0.15) is 0 Å². The fourth-order valence-corrected chi connectivity index (χ4v) is 9.06. The molecule has 0 atom stereocenters. The van der Waals surface area contributed by atoms with Gasteiger partial charge in [0.25, 0.3) is 0 Å². The number of halogens is 18. The molecular weight excluding hydrogens is 926 g/mol. The molecule has 0 nitrogen and oxygen atoms in total. The number of benzene rings is 4. The zero-order valence-corrected chi connectivity index (χ0v) is 32.4. The first kappa shape index (κ1) is 36.9. The van der Waals surface area contributed by atoms with Gasteiger partial charge in [-0.2, -0.15) is 0 Å².